The van der Waals surface area contributed by atoms with E-state index in [0.717, 1.165) is 5.69 Å². The molecule has 0 fully saturated rings. The fourth-order valence-corrected chi connectivity index (χ4v) is 2.74. The number of amidine groups is 1. The van der Waals surface area contributed by atoms with Crippen molar-refractivity contribution in [3.63, 3.8) is 0 Å². The normalized spacial score (nSPS) is 11.2. The fourth-order valence-electron chi connectivity index (χ4n) is 2.74. The number of benzene rings is 3. The highest BCUT2D eigenvalue weighted by atomic mass is 16.1. The van der Waals surface area contributed by atoms with Crippen molar-refractivity contribution in [2.45, 2.75) is 0 Å². The Labute approximate surface area is 181 Å². The van der Waals surface area contributed by atoms with Crippen molar-refractivity contribution >= 4 is 40.7 Å². The van der Waals surface area contributed by atoms with E-state index in [9.17, 15) is 4.79 Å². The van der Waals surface area contributed by atoms with E-state index in [0.29, 0.717) is 34.0 Å². The third kappa shape index (κ3) is 6.01. The maximum Gasteiger partial charge on any atom is 0.255 e. The second-order valence-corrected chi connectivity index (χ2v) is 6.52. The predicted octanol–water partition coefficient (Wildman–Crippen LogP) is 5.22. The zero-order valence-corrected chi connectivity index (χ0v) is 17.0. The Morgan fingerprint density at radius 3 is 2.35 bits per heavy atom. The number of nitrogens with two attached hydrogens (primary N) is 1. The Morgan fingerprint density at radius 2 is 1.61 bits per heavy atom. The van der Waals surface area contributed by atoms with Gasteiger partial charge in [-0.05, 0) is 36.4 Å². The first-order chi connectivity index (χ1) is 15.1. The van der Waals surface area contributed by atoms with Gasteiger partial charge in [0.1, 0.15) is 5.84 Å². The van der Waals surface area contributed by atoms with Crippen LogP contribution in [-0.4, -0.2) is 18.0 Å². The van der Waals surface area contributed by atoms with Crippen molar-refractivity contribution in [2.75, 3.05) is 16.4 Å². The van der Waals surface area contributed by atoms with Crippen LogP contribution in [-0.2, 0) is 0 Å². The van der Waals surface area contributed by atoms with Crippen LogP contribution < -0.4 is 16.4 Å². The number of carbonyl (C=O) groups excluding carboxylic acids is 1. The smallest absolute Gasteiger partial charge is 0.255 e. The van der Waals surface area contributed by atoms with Crippen LogP contribution in [0, 0.1) is 0 Å². The van der Waals surface area contributed by atoms with E-state index in [-0.39, 0.29) is 5.91 Å². The van der Waals surface area contributed by atoms with Crippen LogP contribution in [0.3, 0.4) is 0 Å². The molecule has 0 unspecified atom stereocenters. The zero-order chi connectivity index (χ0) is 22.1. The summed E-state index contributed by atoms with van der Waals surface area (Å²) >= 11 is 0. The first-order valence-electron chi connectivity index (χ1n) is 9.57. The highest BCUT2D eigenvalue weighted by Gasteiger charge is 2.10. The van der Waals surface area contributed by atoms with Gasteiger partial charge in [-0.3, -0.25) is 9.79 Å². The standard InChI is InChI=1S/C25H23N5O/c1-3-27-17-24(29-21-12-5-4-6-13-21)28-18(2)19-10-9-11-20(16-19)25(31)30-23-15-8-7-14-22(23)26/h3-17H,1-2,26H2,(H,28,29)(H,30,31). The summed E-state index contributed by atoms with van der Waals surface area (Å²) in [5.41, 5.74) is 9.47. The monoisotopic (exact) mass is 409 g/mol. The number of amides is 1. The molecular weight excluding hydrogens is 386 g/mol. The first kappa shape index (κ1) is 21.3. The van der Waals surface area contributed by atoms with Crippen LogP contribution in [0.25, 0.3) is 5.70 Å². The lowest BCUT2D eigenvalue weighted by molar-refractivity contribution is 0.102. The number of nitrogens with zero attached hydrogens (tertiary/aromatic N) is 2. The Kier molecular flexibility index (Phi) is 7.11. The van der Waals surface area contributed by atoms with Crippen molar-refractivity contribution < 1.29 is 4.79 Å². The van der Waals surface area contributed by atoms with E-state index in [2.05, 4.69) is 33.8 Å². The van der Waals surface area contributed by atoms with E-state index < -0.39 is 0 Å². The minimum absolute atomic E-state index is 0.271. The third-order valence-corrected chi connectivity index (χ3v) is 4.27. The Balaban J connectivity index is 1.81. The number of nitrogen functional groups attached to an aromatic ring is 1. The van der Waals surface area contributed by atoms with Crippen molar-refractivity contribution in [2.24, 2.45) is 9.98 Å². The summed E-state index contributed by atoms with van der Waals surface area (Å²) in [6.45, 7) is 7.64. The van der Waals surface area contributed by atoms with E-state index in [1.807, 2.05) is 48.5 Å². The number of hydrogen-bond donors (Lipinski definition) is 3. The molecule has 0 atom stereocenters. The fraction of sp³-hybridized carbons (Fsp3) is 0. The molecule has 0 aliphatic rings. The number of aliphatic imine (C=N–C) groups is 2. The van der Waals surface area contributed by atoms with Gasteiger partial charge in [0.25, 0.3) is 5.91 Å². The number of hydrogen-bond acceptors (Lipinski definition) is 4. The Hall–Kier alpha value is -4.45. The molecule has 3 aromatic rings. The molecule has 31 heavy (non-hydrogen) atoms. The lowest BCUT2D eigenvalue weighted by atomic mass is 10.1. The van der Waals surface area contributed by atoms with Gasteiger partial charge in [0.15, 0.2) is 0 Å². The van der Waals surface area contributed by atoms with E-state index in [1.54, 1.807) is 36.5 Å². The number of rotatable bonds is 7. The van der Waals surface area contributed by atoms with Gasteiger partial charge in [0.2, 0.25) is 0 Å². The SMILES string of the molecule is C=CN=CC(=NC(=C)c1cccc(C(=O)Nc2ccccc2N)c1)Nc1ccccc1. The second kappa shape index (κ2) is 10.4. The summed E-state index contributed by atoms with van der Waals surface area (Å²) in [5, 5.41) is 6.01. The minimum Gasteiger partial charge on any atom is -0.397 e. The van der Waals surface area contributed by atoms with Gasteiger partial charge in [0, 0.05) is 23.0 Å². The quantitative estimate of drug-likeness (QED) is 0.284. The molecular formula is C25H23N5O. The molecule has 4 N–H and O–H groups in total. The predicted molar refractivity (Wildman–Crippen MR) is 130 cm³/mol. The number of nitrogens with one attached hydrogen (secondary N) is 2. The van der Waals surface area contributed by atoms with Gasteiger partial charge in [-0.15, -0.1) is 0 Å². The Morgan fingerprint density at radius 1 is 0.903 bits per heavy atom. The maximum atomic E-state index is 12.7. The van der Waals surface area contributed by atoms with Crippen LogP contribution in [0.2, 0.25) is 0 Å². The minimum atomic E-state index is -0.271. The van der Waals surface area contributed by atoms with E-state index >= 15 is 0 Å². The van der Waals surface area contributed by atoms with Crippen molar-refractivity contribution in [3.05, 3.63) is 109 Å². The highest BCUT2D eigenvalue weighted by molar-refractivity contribution is 6.35. The van der Waals surface area contributed by atoms with Crippen molar-refractivity contribution in [1.82, 2.24) is 0 Å². The summed E-state index contributed by atoms with van der Waals surface area (Å²) in [5.74, 6) is 0.218. The summed E-state index contributed by atoms with van der Waals surface area (Å²) < 4.78 is 0. The average Bonchev–Trinajstić information content (AvgIpc) is 2.79. The molecule has 0 radical (unpaired) electrons. The van der Waals surface area contributed by atoms with Crippen LogP contribution in [0.15, 0.2) is 108 Å². The average molecular weight is 409 g/mol. The number of anilines is 3. The molecule has 154 valence electrons. The lowest BCUT2D eigenvalue weighted by Gasteiger charge is -2.10. The molecule has 6 heteroatoms. The summed E-state index contributed by atoms with van der Waals surface area (Å²) in [6.07, 6.45) is 2.98. The van der Waals surface area contributed by atoms with Gasteiger partial charge in [-0.2, -0.15) is 0 Å². The molecule has 3 aromatic carbocycles. The van der Waals surface area contributed by atoms with Crippen molar-refractivity contribution in [1.29, 1.82) is 0 Å². The summed E-state index contributed by atoms with van der Waals surface area (Å²) in [4.78, 5) is 21.3. The van der Waals surface area contributed by atoms with Gasteiger partial charge in [-0.25, -0.2) is 4.99 Å². The lowest BCUT2D eigenvalue weighted by Crippen LogP contribution is -2.14. The highest BCUT2D eigenvalue weighted by Crippen LogP contribution is 2.20. The number of carbonyl (C=O) groups is 1. The van der Waals surface area contributed by atoms with Crippen LogP contribution in [0.5, 0.6) is 0 Å². The largest absolute Gasteiger partial charge is 0.397 e. The van der Waals surface area contributed by atoms with Crippen LogP contribution >= 0.6 is 0 Å². The maximum absolute atomic E-state index is 12.7. The Bertz CT molecular complexity index is 1150. The molecule has 3 rings (SSSR count). The van der Waals surface area contributed by atoms with Gasteiger partial charge >= 0.3 is 0 Å². The van der Waals surface area contributed by atoms with Gasteiger partial charge in [-0.1, -0.05) is 55.6 Å². The van der Waals surface area contributed by atoms with Crippen molar-refractivity contribution in [3.8, 4) is 0 Å². The molecule has 0 aliphatic carbocycles. The molecule has 1 amide bonds. The molecule has 0 bridgehead atoms. The molecule has 0 aliphatic heterocycles. The number of para-hydroxylation sites is 3. The van der Waals surface area contributed by atoms with Crippen LogP contribution in [0.4, 0.5) is 17.1 Å². The van der Waals surface area contributed by atoms with E-state index in [4.69, 9.17) is 5.73 Å². The molecule has 0 saturated heterocycles. The summed E-state index contributed by atoms with van der Waals surface area (Å²) in [7, 11) is 0. The first-order valence-corrected chi connectivity index (χ1v) is 9.57. The molecule has 0 aromatic heterocycles. The second-order valence-electron chi connectivity index (χ2n) is 6.52. The topological polar surface area (TPSA) is 91.9 Å². The molecule has 0 spiro atoms. The summed E-state index contributed by atoms with van der Waals surface area (Å²) in [6, 6.07) is 23.8. The van der Waals surface area contributed by atoms with Gasteiger partial charge < -0.3 is 16.4 Å². The zero-order valence-electron chi connectivity index (χ0n) is 17.0. The van der Waals surface area contributed by atoms with E-state index in [1.165, 1.54) is 6.20 Å². The molecule has 0 heterocycles. The van der Waals surface area contributed by atoms with Crippen LogP contribution in [0.1, 0.15) is 15.9 Å². The molecule has 6 nitrogen and oxygen atoms in total. The van der Waals surface area contributed by atoms with Gasteiger partial charge in [0.05, 0.1) is 23.3 Å². The molecule has 0 saturated carbocycles. The third-order valence-electron chi connectivity index (χ3n) is 4.27.